The molecule has 2 aliphatic rings. The minimum Gasteiger partial charge on any atom is -0.368 e. The van der Waals surface area contributed by atoms with E-state index in [1.165, 1.54) is 28.9 Å². The lowest BCUT2D eigenvalue weighted by Gasteiger charge is -2.37. The van der Waals surface area contributed by atoms with Gasteiger partial charge in [-0.15, -0.1) is 0 Å². The van der Waals surface area contributed by atoms with E-state index in [9.17, 15) is 18.2 Å². The number of piperazine rings is 1. The minimum atomic E-state index is -1.62. The van der Waals surface area contributed by atoms with Crippen LogP contribution in [-0.4, -0.2) is 47.1 Å². The van der Waals surface area contributed by atoms with E-state index in [0.717, 1.165) is 18.7 Å². The highest BCUT2D eigenvalue weighted by Gasteiger charge is 2.32. The van der Waals surface area contributed by atoms with Gasteiger partial charge in [-0.3, -0.25) is 9.59 Å². The molecule has 6 rings (SSSR count). The fraction of sp³-hybridized carbons (Fsp3) is 0.212. The van der Waals surface area contributed by atoms with Crippen LogP contribution >= 0.6 is 0 Å². The zero-order chi connectivity index (χ0) is 28.7. The molecule has 0 unspecified atom stereocenters. The molecule has 0 aromatic heterocycles. The molecule has 1 saturated heterocycles. The second-order valence-electron chi connectivity index (χ2n) is 10.5. The Labute approximate surface area is 241 Å². The maximum atomic E-state index is 13.8. The number of nitrogens with zero attached hydrogens (tertiary/aromatic N) is 3. The van der Waals surface area contributed by atoms with Crippen LogP contribution in [0.3, 0.4) is 0 Å². The summed E-state index contributed by atoms with van der Waals surface area (Å²) in [5.41, 5.74) is 5.53. The summed E-state index contributed by atoms with van der Waals surface area (Å²) in [5.74, 6) is -0.813. The van der Waals surface area contributed by atoms with E-state index in [1.54, 1.807) is 59.5 Å². The van der Waals surface area contributed by atoms with Crippen LogP contribution in [0.4, 0.5) is 15.8 Å². The Bertz CT molecular complexity index is 1680. The lowest BCUT2D eigenvalue weighted by molar-refractivity contribution is 0.0746. The lowest BCUT2D eigenvalue weighted by atomic mass is 10.1. The molecule has 1 fully saturated rings. The molecular weight excluding hydrogens is 537 g/mol. The first-order valence-corrected chi connectivity index (χ1v) is 14.8. The molecule has 0 spiro atoms. The van der Waals surface area contributed by atoms with Crippen molar-refractivity contribution in [3.05, 3.63) is 119 Å². The number of anilines is 2. The largest absolute Gasteiger partial charge is 0.368 e. The average Bonchev–Trinajstić information content (AvgIpc) is 3.08. The van der Waals surface area contributed by atoms with Crippen LogP contribution in [0, 0.1) is 19.7 Å². The number of aryl methyl sites for hydroxylation is 2. The smallest absolute Gasteiger partial charge is 0.259 e. The number of hydrogen-bond donors (Lipinski definition) is 0. The first-order chi connectivity index (χ1) is 19.8. The van der Waals surface area contributed by atoms with E-state index in [2.05, 4.69) is 36.9 Å². The van der Waals surface area contributed by atoms with Gasteiger partial charge in [0.1, 0.15) is 5.82 Å². The number of carbonyl (C=O) groups excluding carboxylic acids is 2. The Morgan fingerprint density at radius 1 is 0.829 bits per heavy atom. The molecule has 0 bridgehead atoms. The van der Waals surface area contributed by atoms with E-state index in [0.29, 0.717) is 39.7 Å². The average molecular weight is 568 g/mol. The van der Waals surface area contributed by atoms with E-state index in [4.69, 9.17) is 0 Å². The molecule has 2 heterocycles. The van der Waals surface area contributed by atoms with Gasteiger partial charge in [-0.25, -0.2) is 8.60 Å². The summed E-state index contributed by atoms with van der Waals surface area (Å²) >= 11 is 0. The number of benzene rings is 4. The van der Waals surface area contributed by atoms with Crippen LogP contribution in [0.15, 0.2) is 94.7 Å². The Morgan fingerprint density at radius 3 is 2.32 bits per heavy atom. The summed E-state index contributed by atoms with van der Waals surface area (Å²) in [6, 6.07) is 24.3. The van der Waals surface area contributed by atoms with Gasteiger partial charge >= 0.3 is 0 Å². The molecule has 0 saturated carbocycles. The fourth-order valence-electron chi connectivity index (χ4n) is 5.52. The number of carbonyl (C=O) groups is 2. The predicted octanol–water partition coefficient (Wildman–Crippen LogP) is 5.73. The topological polar surface area (TPSA) is 60.9 Å². The Morgan fingerprint density at radius 2 is 1.56 bits per heavy atom. The van der Waals surface area contributed by atoms with Crippen molar-refractivity contribution in [2.24, 2.45) is 0 Å². The lowest BCUT2D eigenvalue weighted by Crippen LogP contribution is -2.49. The van der Waals surface area contributed by atoms with Gasteiger partial charge in [-0.05, 0) is 79.1 Å². The monoisotopic (exact) mass is 567 g/mol. The molecule has 4 aromatic carbocycles. The van der Waals surface area contributed by atoms with Gasteiger partial charge in [0.15, 0.2) is 0 Å². The van der Waals surface area contributed by atoms with Gasteiger partial charge in [-0.1, -0.05) is 36.4 Å². The van der Waals surface area contributed by atoms with Gasteiger partial charge in [0, 0.05) is 37.4 Å². The van der Waals surface area contributed by atoms with Crippen LogP contribution < -0.4 is 9.80 Å². The van der Waals surface area contributed by atoms with Crippen molar-refractivity contribution in [3.8, 4) is 0 Å². The van der Waals surface area contributed by atoms with E-state index in [-0.39, 0.29) is 24.2 Å². The summed E-state index contributed by atoms with van der Waals surface area (Å²) in [5, 5.41) is 0. The van der Waals surface area contributed by atoms with Gasteiger partial charge < -0.3 is 14.7 Å². The van der Waals surface area contributed by atoms with Crippen molar-refractivity contribution >= 4 is 34.0 Å². The van der Waals surface area contributed by atoms with Crippen LogP contribution in [0.5, 0.6) is 0 Å². The highest BCUT2D eigenvalue weighted by atomic mass is 32.2. The van der Waals surface area contributed by atoms with Gasteiger partial charge in [0.2, 0.25) is 0 Å². The van der Waals surface area contributed by atoms with Crippen molar-refractivity contribution < 1.29 is 18.2 Å². The maximum Gasteiger partial charge on any atom is 0.259 e. The molecule has 208 valence electrons. The zero-order valence-corrected chi connectivity index (χ0v) is 23.8. The van der Waals surface area contributed by atoms with Gasteiger partial charge in [-0.2, -0.15) is 0 Å². The highest BCUT2D eigenvalue weighted by Crippen LogP contribution is 2.36. The van der Waals surface area contributed by atoms with E-state index < -0.39 is 10.8 Å². The number of fused-ring (bicyclic) bond motifs is 2. The number of rotatable bonds is 4. The van der Waals surface area contributed by atoms with Gasteiger partial charge in [0.25, 0.3) is 11.8 Å². The van der Waals surface area contributed by atoms with Crippen LogP contribution in [0.1, 0.15) is 37.4 Å². The van der Waals surface area contributed by atoms with Crippen molar-refractivity contribution in [2.45, 2.75) is 30.2 Å². The molecule has 1 atom stereocenters. The second-order valence-corrected chi connectivity index (χ2v) is 12.0. The summed E-state index contributed by atoms with van der Waals surface area (Å²) in [4.78, 5) is 34.1. The van der Waals surface area contributed by atoms with E-state index in [1.807, 2.05) is 4.90 Å². The number of halogens is 1. The fourth-order valence-corrected chi connectivity index (χ4v) is 6.86. The molecular formula is C33H30FN3O3S. The quantitative estimate of drug-likeness (QED) is 0.316. The molecule has 4 aromatic rings. The summed E-state index contributed by atoms with van der Waals surface area (Å²) < 4.78 is 27.3. The first-order valence-electron chi connectivity index (χ1n) is 13.6. The Kier molecular flexibility index (Phi) is 7.17. The zero-order valence-electron chi connectivity index (χ0n) is 23.0. The van der Waals surface area contributed by atoms with Crippen molar-refractivity contribution in [3.63, 3.8) is 0 Å². The second kappa shape index (κ2) is 10.9. The standard InChI is InChI=1S/C33H30FN3O3S/c1-22-7-8-23(2)28(19-22)35-15-17-36(18-16-35)32(38)25-11-14-31-29(20-25)37(21-24-9-12-26(34)13-10-24)33(39)27-5-3-4-6-30(27)41(31)40/h3-14,19-20H,15-18,21H2,1-2H3/t41-/m1/s1. The van der Waals surface area contributed by atoms with Crippen LogP contribution in [-0.2, 0) is 17.3 Å². The minimum absolute atomic E-state index is 0.130. The molecule has 0 aliphatic carbocycles. The molecule has 6 nitrogen and oxygen atoms in total. The highest BCUT2D eigenvalue weighted by molar-refractivity contribution is 7.85. The molecule has 2 amide bonds. The molecule has 0 N–H and O–H groups in total. The summed E-state index contributed by atoms with van der Waals surface area (Å²) in [6.07, 6.45) is 0. The normalized spacial score (nSPS) is 16.7. The van der Waals surface area contributed by atoms with Crippen LogP contribution in [0.25, 0.3) is 0 Å². The third-order valence-corrected chi connectivity index (χ3v) is 9.29. The van der Waals surface area contributed by atoms with Crippen molar-refractivity contribution in [2.75, 3.05) is 36.0 Å². The van der Waals surface area contributed by atoms with Crippen LogP contribution in [0.2, 0.25) is 0 Å². The predicted molar refractivity (Wildman–Crippen MR) is 159 cm³/mol. The summed E-state index contributed by atoms with van der Waals surface area (Å²) in [7, 11) is -1.62. The Balaban J connectivity index is 1.31. The van der Waals surface area contributed by atoms with Crippen molar-refractivity contribution in [1.29, 1.82) is 0 Å². The SMILES string of the molecule is Cc1ccc(C)c(N2CCN(C(=O)c3ccc4c(c3)N(Cc3ccc(F)cc3)C(=O)c3ccccc3[S@]4=O)CC2)c1. The number of amides is 2. The number of hydrogen-bond acceptors (Lipinski definition) is 4. The summed E-state index contributed by atoms with van der Waals surface area (Å²) in [6.45, 7) is 6.90. The Hall–Kier alpha value is -4.30. The van der Waals surface area contributed by atoms with E-state index >= 15 is 0 Å². The molecule has 0 radical (unpaired) electrons. The first kappa shape index (κ1) is 26.9. The van der Waals surface area contributed by atoms with Crippen molar-refractivity contribution in [1.82, 2.24) is 4.90 Å². The maximum absolute atomic E-state index is 13.8. The third kappa shape index (κ3) is 5.15. The third-order valence-electron chi connectivity index (χ3n) is 7.78. The molecule has 2 aliphatic heterocycles. The molecule has 8 heteroatoms. The van der Waals surface area contributed by atoms with Gasteiger partial charge in [0.05, 0.1) is 38.4 Å². The molecule has 41 heavy (non-hydrogen) atoms.